The van der Waals surface area contributed by atoms with Crippen LogP contribution < -0.4 is 15.4 Å². The van der Waals surface area contributed by atoms with Crippen molar-refractivity contribution in [3.63, 3.8) is 0 Å². The lowest BCUT2D eigenvalue weighted by atomic mass is 10.1. The van der Waals surface area contributed by atoms with E-state index in [0.717, 1.165) is 29.7 Å². The molecule has 3 aromatic carbocycles. The minimum Gasteiger partial charge on any atom is -0.507 e. The lowest BCUT2D eigenvalue weighted by Gasteiger charge is -2.09. The summed E-state index contributed by atoms with van der Waals surface area (Å²) in [4.78, 5) is 25.9. The Balaban J connectivity index is 1.35. The topological polar surface area (TPSA) is 105 Å². The summed E-state index contributed by atoms with van der Waals surface area (Å²) in [6.45, 7) is 4.85. The third kappa shape index (κ3) is 5.70. The van der Waals surface area contributed by atoms with Crippen LogP contribution in [0.25, 0.3) is 11.3 Å². The minimum atomic E-state index is -0.320. The molecule has 0 saturated heterocycles. The maximum absolute atomic E-state index is 13.1. The van der Waals surface area contributed by atoms with Gasteiger partial charge in [-0.25, -0.2) is 4.79 Å². The highest BCUT2D eigenvalue weighted by atomic mass is 16.5. The Labute approximate surface area is 221 Å². The Morgan fingerprint density at radius 1 is 1.05 bits per heavy atom. The Kier molecular flexibility index (Phi) is 7.13. The quantitative estimate of drug-likeness (QED) is 0.258. The maximum Gasteiger partial charge on any atom is 0.342 e. The smallest absolute Gasteiger partial charge is 0.342 e. The third-order valence-corrected chi connectivity index (χ3v) is 6.41. The molecule has 8 heteroatoms. The van der Waals surface area contributed by atoms with E-state index in [-0.39, 0.29) is 23.6 Å². The first kappa shape index (κ1) is 25.1. The first-order valence-electron chi connectivity index (χ1n) is 12.7. The second-order valence-corrected chi connectivity index (χ2v) is 9.43. The van der Waals surface area contributed by atoms with Gasteiger partial charge in [0.25, 0.3) is 5.91 Å². The lowest BCUT2D eigenvalue weighted by Crippen LogP contribution is -2.30. The van der Waals surface area contributed by atoms with Gasteiger partial charge in [-0.3, -0.25) is 4.79 Å². The van der Waals surface area contributed by atoms with E-state index in [1.54, 1.807) is 36.4 Å². The van der Waals surface area contributed by atoms with Crippen LogP contribution >= 0.6 is 0 Å². The molecule has 5 rings (SSSR count). The van der Waals surface area contributed by atoms with E-state index in [2.05, 4.69) is 15.7 Å². The van der Waals surface area contributed by atoms with E-state index >= 15 is 0 Å². The van der Waals surface area contributed by atoms with Crippen LogP contribution in [0.5, 0.6) is 11.5 Å². The summed E-state index contributed by atoms with van der Waals surface area (Å²) < 4.78 is 6.83. The number of ether oxygens (including phenoxy) is 1. The molecule has 0 aliphatic heterocycles. The molecule has 1 heterocycles. The average molecular weight is 511 g/mol. The number of hydrogen-bond acceptors (Lipinski definition) is 5. The standard InChI is InChI=1S/C30H30N4O4/c1-3-38-24-12-9-22(10-13-24)29(36)32-23-11-14-28(35)25(16-23)26-17-27(21-7-8-21)34(33-26)30(37)31-18-20-6-4-5-19(2)15-20/h4-6,9-17,21,35H,3,7-8,18H2,1-2H3,(H,31,37)(H,32,36). The molecule has 0 radical (unpaired) electrons. The Hall–Kier alpha value is -4.59. The number of phenolic OH excluding ortho intramolecular Hbond substituents is 1. The SMILES string of the molecule is CCOc1ccc(C(=O)Nc2ccc(O)c(-c3cc(C4CC4)n(C(=O)NCc4cccc(C)c4)n3)c2)cc1. The predicted molar refractivity (Wildman–Crippen MR) is 146 cm³/mol. The number of phenols is 1. The summed E-state index contributed by atoms with van der Waals surface area (Å²) in [7, 11) is 0. The summed E-state index contributed by atoms with van der Waals surface area (Å²) in [5.41, 5.74) is 4.82. The van der Waals surface area contributed by atoms with Gasteiger partial charge in [-0.05, 0) is 80.8 Å². The van der Waals surface area contributed by atoms with Crippen molar-refractivity contribution < 1.29 is 19.4 Å². The molecule has 4 aromatic rings. The number of aromatic nitrogens is 2. The first-order chi connectivity index (χ1) is 18.4. The minimum absolute atomic E-state index is 0.0104. The number of amides is 2. The highest BCUT2D eigenvalue weighted by molar-refractivity contribution is 6.04. The molecule has 0 spiro atoms. The second kappa shape index (κ2) is 10.8. The molecule has 1 fully saturated rings. The van der Waals surface area contributed by atoms with Gasteiger partial charge in [-0.15, -0.1) is 0 Å². The molecule has 0 bridgehead atoms. The van der Waals surface area contributed by atoms with Gasteiger partial charge in [0, 0.05) is 29.3 Å². The fraction of sp³-hybridized carbons (Fsp3) is 0.233. The number of benzene rings is 3. The van der Waals surface area contributed by atoms with E-state index < -0.39 is 0 Å². The highest BCUT2D eigenvalue weighted by Gasteiger charge is 2.31. The summed E-state index contributed by atoms with van der Waals surface area (Å²) in [5, 5.41) is 21.0. The molecule has 38 heavy (non-hydrogen) atoms. The van der Waals surface area contributed by atoms with Gasteiger partial charge in [-0.1, -0.05) is 29.8 Å². The zero-order valence-electron chi connectivity index (χ0n) is 21.4. The van der Waals surface area contributed by atoms with E-state index in [0.29, 0.717) is 41.4 Å². The monoisotopic (exact) mass is 510 g/mol. The van der Waals surface area contributed by atoms with Crippen molar-refractivity contribution >= 4 is 17.6 Å². The molecular formula is C30H30N4O4. The molecule has 2 amide bonds. The zero-order chi connectivity index (χ0) is 26.6. The number of carbonyl (C=O) groups is 2. The van der Waals surface area contributed by atoms with Gasteiger partial charge in [0.05, 0.1) is 18.0 Å². The number of rotatable bonds is 8. The summed E-state index contributed by atoms with van der Waals surface area (Å²) in [6.07, 6.45) is 1.97. The molecule has 1 aliphatic carbocycles. The normalized spacial score (nSPS) is 12.7. The number of nitrogens with one attached hydrogen (secondary N) is 2. The van der Waals surface area contributed by atoms with Gasteiger partial charge in [0.1, 0.15) is 11.5 Å². The summed E-state index contributed by atoms with van der Waals surface area (Å²) >= 11 is 0. The fourth-order valence-corrected chi connectivity index (χ4v) is 4.33. The van der Waals surface area contributed by atoms with Crippen molar-refractivity contribution in [2.24, 2.45) is 0 Å². The Morgan fingerprint density at radius 2 is 1.84 bits per heavy atom. The number of nitrogens with zero attached hydrogens (tertiary/aromatic N) is 2. The van der Waals surface area contributed by atoms with Crippen molar-refractivity contribution in [1.29, 1.82) is 0 Å². The first-order valence-corrected chi connectivity index (χ1v) is 12.7. The predicted octanol–water partition coefficient (Wildman–Crippen LogP) is 5.85. The van der Waals surface area contributed by atoms with Crippen molar-refractivity contribution in [2.75, 3.05) is 11.9 Å². The van der Waals surface area contributed by atoms with Crippen LogP contribution in [-0.2, 0) is 6.54 Å². The van der Waals surface area contributed by atoms with Crippen molar-refractivity contribution in [2.45, 2.75) is 39.2 Å². The molecule has 1 saturated carbocycles. The number of carbonyl (C=O) groups excluding carboxylic acids is 2. The third-order valence-electron chi connectivity index (χ3n) is 6.41. The molecule has 8 nitrogen and oxygen atoms in total. The molecule has 0 unspecified atom stereocenters. The molecule has 3 N–H and O–H groups in total. The Morgan fingerprint density at radius 3 is 2.55 bits per heavy atom. The molecule has 1 aliphatic rings. The van der Waals surface area contributed by atoms with Crippen LogP contribution in [0.15, 0.2) is 72.8 Å². The van der Waals surface area contributed by atoms with Crippen LogP contribution in [0, 0.1) is 6.92 Å². The van der Waals surface area contributed by atoms with Crippen molar-refractivity contribution in [3.8, 4) is 22.8 Å². The maximum atomic E-state index is 13.1. The summed E-state index contributed by atoms with van der Waals surface area (Å²) in [6, 6.07) is 21.2. The van der Waals surface area contributed by atoms with Crippen LogP contribution in [0.2, 0.25) is 0 Å². The summed E-state index contributed by atoms with van der Waals surface area (Å²) in [5.74, 6) is 0.673. The van der Waals surface area contributed by atoms with Gasteiger partial charge in [0.2, 0.25) is 0 Å². The number of aryl methyl sites for hydroxylation is 1. The number of anilines is 1. The van der Waals surface area contributed by atoms with Gasteiger partial charge in [0.15, 0.2) is 0 Å². The average Bonchev–Trinajstić information content (AvgIpc) is 3.67. The van der Waals surface area contributed by atoms with E-state index in [1.807, 2.05) is 44.2 Å². The van der Waals surface area contributed by atoms with Crippen LogP contribution in [0.3, 0.4) is 0 Å². The van der Waals surface area contributed by atoms with E-state index in [1.165, 1.54) is 10.7 Å². The van der Waals surface area contributed by atoms with Crippen molar-refractivity contribution in [3.05, 3.63) is 95.2 Å². The lowest BCUT2D eigenvalue weighted by molar-refractivity contribution is 0.102. The van der Waals surface area contributed by atoms with Gasteiger partial charge >= 0.3 is 6.03 Å². The number of aromatic hydroxyl groups is 1. The second-order valence-electron chi connectivity index (χ2n) is 9.43. The largest absolute Gasteiger partial charge is 0.507 e. The van der Waals surface area contributed by atoms with Gasteiger partial charge < -0.3 is 20.5 Å². The van der Waals surface area contributed by atoms with Gasteiger partial charge in [-0.2, -0.15) is 9.78 Å². The molecule has 1 aromatic heterocycles. The van der Waals surface area contributed by atoms with Crippen molar-refractivity contribution in [1.82, 2.24) is 15.1 Å². The van der Waals surface area contributed by atoms with Crippen LogP contribution in [0.4, 0.5) is 10.5 Å². The molecule has 0 atom stereocenters. The molecule has 194 valence electrons. The van der Waals surface area contributed by atoms with Crippen LogP contribution in [0.1, 0.15) is 52.9 Å². The van der Waals surface area contributed by atoms with Crippen LogP contribution in [-0.4, -0.2) is 33.4 Å². The Bertz CT molecular complexity index is 1470. The van der Waals surface area contributed by atoms with E-state index in [4.69, 9.17) is 4.74 Å². The highest BCUT2D eigenvalue weighted by Crippen LogP contribution is 2.42. The fourth-order valence-electron chi connectivity index (χ4n) is 4.33. The zero-order valence-corrected chi connectivity index (χ0v) is 21.4. The number of hydrogen-bond donors (Lipinski definition) is 3. The van der Waals surface area contributed by atoms with E-state index in [9.17, 15) is 14.7 Å². The molecular weight excluding hydrogens is 480 g/mol.